The van der Waals surface area contributed by atoms with Crippen LogP contribution in [0.15, 0.2) is 83.1 Å². The second-order valence-electron chi connectivity index (χ2n) is 11.5. The van der Waals surface area contributed by atoms with Crippen LogP contribution in [-0.4, -0.2) is 64.8 Å². The van der Waals surface area contributed by atoms with Crippen molar-refractivity contribution in [3.63, 3.8) is 0 Å². The molecule has 2 aliphatic rings. The Morgan fingerprint density at radius 2 is 1.65 bits per heavy atom. The molecule has 48 heavy (non-hydrogen) atoms. The van der Waals surface area contributed by atoms with Crippen molar-refractivity contribution in [2.24, 2.45) is 0 Å². The molecule has 0 saturated heterocycles. The first kappa shape index (κ1) is 36.8. The lowest BCUT2D eigenvalue weighted by Crippen LogP contribution is -2.55. The largest absolute Gasteiger partial charge is 0.486 e. The van der Waals surface area contributed by atoms with E-state index in [2.05, 4.69) is 29.2 Å². The Morgan fingerprint density at radius 1 is 1.02 bits per heavy atom. The molecule has 13 heteroatoms. The lowest BCUT2D eigenvalue weighted by Gasteiger charge is -2.36. The van der Waals surface area contributed by atoms with Crippen LogP contribution in [-0.2, 0) is 28.7 Å². The van der Waals surface area contributed by atoms with Crippen LogP contribution in [0.3, 0.4) is 0 Å². The molecule has 1 aliphatic carbocycles. The Balaban J connectivity index is 1.65. The molecule has 2 aromatic carbocycles. The van der Waals surface area contributed by atoms with E-state index in [0.29, 0.717) is 29.0 Å². The number of aliphatic carboxylic acids is 1. The number of carboxylic acid groups (broad SMARTS) is 1. The molecule has 1 aliphatic heterocycles. The minimum Gasteiger partial charge on any atom is -0.486 e. The summed E-state index contributed by atoms with van der Waals surface area (Å²) in [4.78, 5) is 68.0. The van der Waals surface area contributed by atoms with Gasteiger partial charge in [-0.25, -0.2) is 4.72 Å². The summed E-state index contributed by atoms with van der Waals surface area (Å²) in [6.07, 6.45) is 8.15. The van der Waals surface area contributed by atoms with Crippen molar-refractivity contribution in [1.82, 2.24) is 15.4 Å². The van der Waals surface area contributed by atoms with E-state index in [4.69, 9.17) is 9.84 Å². The number of nitrogens with zero attached hydrogens (tertiary/aromatic N) is 1. The summed E-state index contributed by atoms with van der Waals surface area (Å²) in [5.74, 6) is -2.81. The van der Waals surface area contributed by atoms with Gasteiger partial charge >= 0.3 is 5.97 Å². The van der Waals surface area contributed by atoms with Gasteiger partial charge in [-0.15, -0.1) is 11.8 Å². The van der Waals surface area contributed by atoms with E-state index >= 15 is 0 Å². The van der Waals surface area contributed by atoms with Crippen molar-refractivity contribution >= 4 is 58.9 Å². The third-order valence-electron chi connectivity index (χ3n) is 8.08. The number of rotatable bonds is 16. The number of Topliss-reactive ketones (excluding diaryl/α,β-unsaturated/α-hetero) is 1. The first-order valence-electron chi connectivity index (χ1n) is 16.0. The summed E-state index contributed by atoms with van der Waals surface area (Å²) in [5, 5.41) is 13.1. The predicted molar refractivity (Wildman–Crippen MR) is 188 cm³/mol. The second-order valence-corrected chi connectivity index (χ2v) is 13.3. The molecular weight excluding hydrogens is 653 g/mol. The third kappa shape index (κ3) is 8.69. The van der Waals surface area contributed by atoms with Gasteiger partial charge in [-0.1, -0.05) is 88.1 Å². The van der Waals surface area contributed by atoms with E-state index in [0.717, 1.165) is 25.7 Å². The van der Waals surface area contributed by atoms with Gasteiger partial charge in [-0.2, -0.15) is 0 Å². The van der Waals surface area contributed by atoms with Gasteiger partial charge in [0.05, 0.1) is 4.91 Å². The second kappa shape index (κ2) is 17.4. The number of hydrogen-bond donors (Lipinski definition) is 4. The van der Waals surface area contributed by atoms with Crippen LogP contribution in [0.5, 0.6) is 0 Å². The standard InChI is InChI=1S/C35H42N4O7S2/c1-4-6-18-35(19-7-5-2)34(45)39(24-16-12-9-13-17-24)30-26(48-38-35)20-25(32(47-3)31(30)43)46-22-27(40)37-29(23-14-10-8-11-15-23)33(44)36-21-28(41)42/h8-17,20,29,32,38H,4-7,18-19,21-22H2,1-3H3,(H,36,44)(H,37,40)(H,41,42)/t29-,32?/m1/s1. The molecule has 0 spiro atoms. The van der Waals surface area contributed by atoms with Crippen molar-refractivity contribution in [2.45, 2.75) is 69.2 Å². The van der Waals surface area contributed by atoms with Crippen molar-refractivity contribution in [2.75, 3.05) is 24.3 Å². The van der Waals surface area contributed by atoms with Crippen LogP contribution in [0.2, 0.25) is 0 Å². The number of para-hydroxylation sites is 1. The van der Waals surface area contributed by atoms with E-state index in [1.165, 1.54) is 23.7 Å². The molecule has 1 unspecified atom stereocenters. The number of benzene rings is 2. The number of allylic oxidation sites excluding steroid dienone is 2. The highest BCUT2D eigenvalue weighted by molar-refractivity contribution is 8.01. The molecule has 11 nitrogen and oxygen atoms in total. The van der Waals surface area contributed by atoms with Gasteiger partial charge in [0, 0.05) is 5.69 Å². The number of carbonyl (C=O) groups excluding carboxylic acids is 4. The lowest BCUT2D eigenvalue weighted by atomic mass is 9.86. The van der Waals surface area contributed by atoms with Crippen LogP contribution in [0.25, 0.3) is 0 Å². The molecule has 1 heterocycles. The Bertz CT molecular complexity index is 1540. The van der Waals surface area contributed by atoms with E-state index in [1.807, 2.05) is 30.3 Å². The molecule has 0 radical (unpaired) electrons. The Labute approximate surface area is 289 Å². The number of thioether (sulfide) groups is 1. The van der Waals surface area contributed by atoms with Crippen LogP contribution in [0.1, 0.15) is 64.0 Å². The van der Waals surface area contributed by atoms with Crippen molar-refractivity contribution in [1.29, 1.82) is 0 Å². The zero-order valence-corrected chi connectivity index (χ0v) is 29.0. The average molecular weight is 695 g/mol. The van der Waals surface area contributed by atoms with Gasteiger partial charge < -0.3 is 20.5 Å². The fourth-order valence-corrected chi connectivity index (χ4v) is 7.34. The van der Waals surface area contributed by atoms with Gasteiger partial charge in [0.15, 0.2) is 6.61 Å². The number of hydrogen-bond acceptors (Lipinski definition) is 9. The van der Waals surface area contributed by atoms with Crippen molar-refractivity contribution in [3.05, 3.63) is 88.7 Å². The third-order valence-corrected chi connectivity index (χ3v) is 10.0. The molecule has 4 N–H and O–H groups in total. The van der Waals surface area contributed by atoms with Crippen LogP contribution in [0.4, 0.5) is 5.69 Å². The molecule has 4 rings (SSSR count). The number of unbranched alkanes of at least 4 members (excludes halogenated alkanes) is 2. The molecule has 0 bridgehead atoms. The molecule has 0 fully saturated rings. The molecule has 2 atom stereocenters. The van der Waals surface area contributed by atoms with Crippen LogP contribution >= 0.6 is 23.7 Å². The molecular formula is C35H42N4O7S2. The zero-order valence-electron chi connectivity index (χ0n) is 27.3. The van der Waals surface area contributed by atoms with E-state index in [9.17, 15) is 24.0 Å². The molecule has 2 aromatic rings. The van der Waals surface area contributed by atoms with Crippen molar-refractivity contribution < 1.29 is 33.8 Å². The Kier molecular flexibility index (Phi) is 13.3. The summed E-state index contributed by atoms with van der Waals surface area (Å²) in [7, 11) is 0. The molecule has 256 valence electrons. The maximum Gasteiger partial charge on any atom is 0.322 e. The van der Waals surface area contributed by atoms with Gasteiger partial charge in [-0.05, 0) is 54.8 Å². The number of anilines is 1. The van der Waals surface area contributed by atoms with E-state index < -0.39 is 47.8 Å². The van der Waals surface area contributed by atoms with E-state index in [1.54, 1.807) is 47.6 Å². The topological polar surface area (TPSA) is 154 Å². The Morgan fingerprint density at radius 3 is 2.23 bits per heavy atom. The lowest BCUT2D eigenvalue weighted by molar-refractivity contribution is -0.138. The maximum absolute atomic E-state index is 14.6. The number of nitrogens with one attached hydrogen (secondary N) is 3. The summed E-state index contributed by atoms with van der Waals surface area (Å²) >= 11 is 2.46. The quantitative estimate of drug-likeness (QED) is 0.179. The molecule has 0 aromatic heterocycles. The highest BCUT2D eigenvalue weighted by Gasteiger charge is 2.48. The smallest absolute Gasteiger partial charge is 0.322 e. The number of carbonyl (C=O) groups is 5. The van der Waals surface area contributed by atoms with Gasteiger partial charge in [0.1, 0.15) is 34.8 Å². The van der Waals surface area contributed by atoms with Crippen LogP contribution < -0.4 is 20.3 Å². The fraction of sp³-hybridized carbons (Fsp3) is 0.400. The average Bonchev–Trinajstić information content (AvgIpc) is 3.21. The first-order chi connectivity index (χ1) is 23.2. The zero-order chi connectivity index (χ0) is 34.7. The minimum absolute atomic E-state index is 0.174. The summed E-state index contributed by atoms with van der Waals surface area (Å²) in [6, 6.07) is 16.4. The highest BCUT2D eigenvalue weighted by atomic mass is 32.2. The SMILES string of the molecule is CCCCC1(CCCC)NSC2=C(C(=O)C(SC)C(OCC(=O)N[C@@H](C(=O)NCC(=O)O)c3ccccc3)=C2)N(c2ccccc2)C1=O. The number of ether oxygens (including phenoxy) is 1. The number of amides is 3. The fourth-order valence-electron chi connectivity index (χ4n) is 5.58. The van der Waals surface area contributed by atoms with Gasteiger partial charge in [0.25, 0.3) is 11.8 Å². The summed E-state index contributed by atoms with van der Waals surface area (Å²) in [6.45, 7) is 3.05. The highest BCUT2D eigenvalue weighted by Crippen LogP contribution is 2.43. The minimum atomic E-state index is -1.22. The van der Waals surface area contributed by atoms with Gasteiger partial charge in [0.2, 0.25) is 11.7 Å². The monoisotopic (exact) mass is 694 g/mol. The number of ketones is 1. The van der Waals surface area contributed by atoms with E-state index in [-0.39, 0.29) is 23.1 Å². The first-order valence-corrected chi connectivity index (χ1v) is 18.1. The summed E-state index contributed by atoms with van der Waals surface area (Å²) in [5.41, 5.74) is 0.407. The van der Waals surface area contributed by atoms with Crippen molar-refractivity contribution in [3.8, 4) is 0 Å². The maximum atomic E-state index is 14.6. The van der Waals surface area contributed by atoms with Crippen LogP contribution in [0, 0.1) is 0 Å². The normalized spacial score (nSPS) is 17.9. The summed E-state index contributed by atoms with van der Waals surface area (Å²) < 4.78 is 9.45. The molecule has 3 amide bonds. The van der Waals surface area contributed by atoms with Gasteiger partial charge in [-0.3, -0.25) is 28.9 Å². The molecule has 0 saturated carbocycles. The number of carboxylic acids is 1. The predicted octanol–water partition coefficient (Wildman–Crippen LogP) is 4.87. The Hall–Kier alpha value is -4.07.